The second kappa shape index (κ2) is 5.02. The van der Waals surface area contributed by atoms with Gasteiger partial charge in [0.05, 0.1) is 13.2 Å². The third kappa shape index (κ3) is 2.67. The molecule has 1 heterocycles. The highest BCUT2D eigenvalue weighted by Gasteiger charge is 2.20. The Morgan fingerprint density at radius 2 is 2.22 bits per heavy atom. The van der Waals surface area contributed by atoms with Crippen LogP contribution in [0.1, 0.15) is 31.9 Å². The number of hydrogen-bond donors (Lipinski definition) is 1. The van der Waals surface area contributed by atoms with E-state index in [0.717, 1.165) is 42.1 Å². The van der Waals surface area contributed by atoms with Gasteiger partial charge in [0.15, 0.2) is 0 Å². The number of furan rings is 1. The summed E-state index contributed by atoms with van der Waals surface area (Å²) in [6, 6.07) is 8.82. The first-order valence-electron chi connectivity index (χ1n) is 6.74. The van der Waals surface area contributed by atoms with Crippen molar-refractivity contribution in [3.63, 3.8) is 0 Å². The van der Waals surface area contributed by atoms with E-state index in [1.54, 1.807) is 0 Å². The molecule has 1 aromatic carbocycles. The summed E-state index contributed by atoms with van der Waals surface area (Å²) in [7, 11) is 0. The lowest BCUT2D eigenvalue weighted by molar-refractivity contribution is 0.318. The molecule has 1 aliphatic rings. The van der Waals surface area contributed by atoms with E-state index in [9.17, 15) is 0 Å². The molecule has 2 aromatic rings. The fourth-order valence-electron chi connectivity index (χ4n) is 2.01. The summed E-state index contributed by atoms with van der Waals surface area (Å²) in [4.78, 5) is 0. The molecule has 0 spiro atoms. The van der Waals surface area contributed by atoms with Gasteiger partial charge in [0.25, 0.3) is 0 Å². The van der Waals surface area contributed by atoms with Crippen LogP contribution in [-0.4, -0.2) is 12.6 Å². The molecule has 1 aliphatic carbocycles. The van der Waals surface area contributed by atoms with E-state index in [1.165, 1.54) is 12.8 Å². The monoisotopic (exact) mass is 245 g/mol. The molecule has 1 N–H and O–H groups in total. The number of benzene rings is 1. The van der Waals surface area contributed by atoms with Gasteiger partial charge in [0, 0.05) is 11.4 Å². The van der Waals surface area contributed by atoms with Gasteiger partial charge in [-0.1, -0.05) is 6.92 Å². The predicted molar refractivity (Wildman–Crippen MR) is 71.9 cm³/mol. The van der Waals surface area contributed by atoms with Crippen LogP contribution in [0, 0.1) is 0 Å². The zero-order valence-electron chi connectivity index (χ0n) is 10.7. The van der Waals surface area contributed by atoms with Gasteiger partial charge in [-0.25, -0.2) is 0 Å². The number of ether oxygens (including phenoxy) is 1. The van der Waals surface area contributed by atoms with Crippen molar-refractivity contribution in [2.45, 2.75) is 38.8 Å². The minimum Gasteiger partial charge on any atom is -0.494 e. The maximum absolute atomic E-state index is 5.79. The van der Waals surface area contributed by atoms with Crippen LogP contribution in [0.2, 0.25) is 0 Å². The molecule has 0 bridgehead atoms. The fraction of sp³-hybridized carbons (Fsp3) is 0.467. The molecule has 0 saturated heterocycles. The van der Waals surface area contributed by atoms with E-state index >= 15 is 0 Å². The predicted octanol–water partition coefficient (Wildman–Crippen LogP) is 3.47. The Balaban J connectivity index is 1.73. The summed E-state index contributed by atoms with van der Waals surface area (Å²) in [6.07, 6.45) is 3.63. The summed E-state index contributed by atoms with van der Waals surface area (Å²) in [5, 5.41) is 4.58. The molecule has 96 valence electrons. The van der Waals surface area contributed by atoms with Crippen molar-refractivity contribution in [2.75, 3.05) is 6.61 Å². The zero-order valence-corrected chi connectivity index (χ0v) is 10.7. The Bertz CT molecular complexity index is 528. The van der Waals surface area contributed by atoms with Crippen LogP contribution in [-0.2, 0) is 6.54 Å². The molecule has 3 rings (SSSR count). The fourth-order valence-corrected chi connectivity index (χ4v) is 2.01. The second-order valence-corrected chi connectivity index (χ2v) is 4.92. The van der Waals surface area contributed by atoms with Crippen LogP contribution in [0.15, 0.2) is 28.7 Å². The SMILES string of the molecule is CCCOc1ccc2oc(CNC3CC3)cc2c1. The molecule has 0 amide bonds. The molecular formula is C15H19NO2. The second-order valence-electron chi connectivity index (χ2n) is 4.92. The highest BCUT2D eigenvalue weighted by Crippen LogP contribution is 2.25. The van der Waals surface area contributed by atoms with Gasteiger partial charge in [-0.15, -0.1) is 0 Å². The lowest BCUT2D eigenvalue weighted by Gasteiger charge is -2.02. The van der Waals surface area contributed by atoms with Crippen molar-refractivity contribution >= 4 is 11.0 Å². The van der Waals surface area contributed by atoms with Crippen LogP contribution in [0.3, 0.4) is 0 Å². The Hall–Kier alpha value is -1.48. The largest absolute Gasteiger partial charge is 0.494 e. The quantitative estimate of drug-likeness (QED) is 0.846. The molecule has 1 aromatic heterocycles. The van der Waals surface area contributed by atoms with Gasteiger partial charge >= 0.3 is 0 Å². The van der Waals surface area contributed by atoms with Crippen molar-refractivity contribution in [2.24, 2.45) is 0 Å². The molecular weight excluding hydrogens is 226 g/mol. The van der Waals surface area contributed by atoms with Crippen molar-refractivity contribution < 1.29 is 9.15 Å². The summed E-state index contributed by atoms with van der Waals surface area (Å²) in [5.41, 5.74) is 0.937. The van der Waals surface area contributed by atoms with Gasteiger partial charge in [-0.2, -0.15) is 0 Å². The number of rotatable bonds is 6. The summed E-state index contributed by atoms with van der Waals surface area (Å²) in [5.74, 6) is 1.93. The summed E-state index contributed by atoms with van der Waals surface area (Å²) < 4.78 is 11.4. The van der Waals surface area contributed by atoms with E-state index in [4.69, 9.17) is 9.15 Å². The first-order valence-corrected chi connectivity index (χ1v) is 6.74. The topological polar surface area (TPSA) is 34.4 Å². The van der Waals surface area contributed by atoms with Crippen molar-refractivity contribution in [1.82, 2.24) is 5.32 Å². The van der Waals surface area contributed by atoms with Crippen LogP contribution < -0.4 is 10.1 Å². The van der Waals surface area contributed by atoms with Crippen LogP contribution in [0.25, 0.3) is 11.0 Å². The van der Waals surface area contributed by atoms with Crippen molar-refractivity contribution in [3.8, 4) is 5.75 Å². The third-order valence-electron chi connectivity index (χ3n) is 3.15. The Morgan fingerprint density at radius 3 is 3.00 bits per heavy atom. The third-order valence-corrected chi connectivity index (χ3v) is 3.15. The average molecular weight is 245 g/mol. The standard InChI is InChI=1S/C15H19NO2/c1-2-7-17-13-5-6-15-11(8-13)9-14(18-15)10-16-12-3-4-12/h5-6,8-9,12,16H,2-4,7,10H2,1H3. The molecule has 1 saturated carbocycles. The Morgan fingerprint density at radius 1 is 1.33 bits per heavy atom. The molecule has 18 heavy (non-hydrogen) atoms. The normalized spacial score (nSPS) is 15.2. The smallest absolute Gasteiger partial charge is 0.134 e. The Kier molecular flexibility index (Phi) is 3.24. The lowest BCUT2D eigenvalue weighted by atomic mass is 10.2. The average Bonchev–Trinajstić information content (AvgIpc) is 3.12. The minimum absolute atomic E-state index is 0.710. The van der Waals surface area contributed by atoms with Crippen LogP contribution in [0.4, 0.5) is 0 Å². The highest BCUT2D eigenvalue weighted by molar-refractivity contribution is 5.79. The first-order chi connectivity index (χ1) is 8.85. The van der Waals surface area contributed by atoms with Crippen molar-refractivity contribution in [3.05, 3.63) is 30.0 Å². The van der Waals surface area contributed by atoms with E-state index in [1.807, 2.05) is 12.1 Å². The number of nitrogens with one attached hydrogen (secondary N) is 1. The lowest BCUT2D eigenvalue weighted by Crippen LogP contribution is -2.14. The first kappa shape index (κ1) is 11.6. The van der Waals surface area contributed by atoms with Gasteiger partial charge in [0.1, 0.15) is 17.1 Å². The van der Waals surface area contributed by atoms with E-state index in [-0.39, 0.29) is 0 Å². The molecule has 3 heteroatoms. The summed E-state index contributed by atoms with van der Waals surface area (Å²) >= 11 is 0. The molecule has 0 radical (unpaired) electrons. The van der Waals surface area contributed by atoms with Gasteiger partial charge < -0.3 is 14.5 Å². The van der Waals surface area contributed by atoms with Crippen LogP contribution >= 0.6 is 0 Å². The van der Waals surface area contributed by atoms with Crippen LogP contribution in [0.5, 0.6) is 5.75 Å². The summed E-state index contributed by atoms with van der Waals surface area (Å²) in [6.45, 7) is 3.70. The van der Waals surface area contributed by atoms with E-state index in [0.29, 0.717) is 6.04 Å². The zero-order chi connectivity index (χ0) is 12.4. The maximum atomic E-state index is 5.79. The molecule has 0 aliphatic heterocycles. The maximum Gasteiger partial charge on any atom is 0.134 e. The van der Waals surface area contributed by atoms with Gasteiger partial charge in [-0.05, 0) is 43.5 Å². The number of fused-ring (bicyclic) bond motifs is 1. The molecule has 3 nitrogen and oxygen atoms in total. The van der Waals surface area contributed by atoms with Crippen molar-refractivity contribution in [1.29, 1.82) is 0 Å². The van der Waals surface area contributed by atoms with E-state index < -0.39 is 0 Å². The minimum atomic E-state index is 0.710. The van der Waals surface area contributed by atoms with E-state index in [2.05, 4.69) is 24.4 Å². The highest BCUT2D eigenvalue weighted by atomic mass is 16.5. The van der Waals surface area contributed by atoms with Gasteiger partial charge in [-0.3, -0.25) is 0 Å². The van der Waals surface area contributed by atoms with Gasteiger partial charge in [0.2, 0.25) is 0 Å². The molecule has 1 fully saturated rings. The Labute approximate surface area is 107 Å². The molecule has 0 unspecified atom stereocenters. The molecule has 0 atom stereocenters. The number of hydrogen-bond acceptors (Lipinski definition) is 3.